The van der Waals surface area contributed by atoms with Gasteiger partial charge in [0, 0.05) is 25.3 Å². The van der Waals surface area contributed by atoms with E-state index < -0.39 is 16.0 Å². The topological polar surface area (TPSA) is 109 Å². The minimum atomic E-state index is -3.52. The van der Waals surface area contributed by atoms with Crippen LogP contribution in [0, 0.1) is 13.8 Å². The Morgan fingerprint density at radius 3 is 2.19 bits per heavy atom. The summed E-state index contributed by atoms with van der Waals surface area (Å²) in [7, 11) is -3.52. The first-order valence-corrected chi connectivity index (χ1v) is 11.7. The van der Waals surface area contributed by atoms with Gasteiger partial charge >= 0.3 is 5.97 Å². The Labute approximate surface area is 184 Å². The first-order chi connectivity index (χ1) is 14.5. The Kier molecular flexibility index (Phi) is 8.02. The van der Waals surface area contributed by atoms with Crippen LogP contribution in [0.4, 0.5) is 0 Å². The normalized spacial score (nSPS) is 11.7. The molecule has 1 aromatic carbocycles. The molecule has 0 spiro atoms. The smallest absolute Gasteiger partial charge is 0.340 e. The molecule has 0 saturated carbocycles. The van der Waals surface area contributed by atoms with Crippen LogP contribution < -0.4 is 5.32 Å². The molecule has 0 saturated heterocycles. The van der Waals surface area contributed by atoms with E-state index in [0.717, 1.165) is 5.56 Å². The quantitative estimate of drug-likeness (QED) is 0.572. The van der Waals surface area contributed by atoms with E-state index in [4.69, 9.17) is 4.74 Å². The SMILES string of the molecule is CCN(CC)S(=O)(=O)c1ccc(CNC(=O)c2[nH]c(C)c(C(=O)OC(C)C)c2C)cc1. The predicted molar refractivity (Wildman–Crippen MR) is 119 cm³/mol. The number of hydrogen-bond donors (Lipinski definition) is 2. The summed E-state index contributed by atoms with van der Waals surface area (Å²) < 4.78 is 31.8. The van der Waals surface area contributed by atoms with Crippen molar-refractivity contribution in [1.82, 2.24) is 14.6 Å². The molecule has 31 heavy (non-hydrogen) atoms. The van der Waals surface area contributed by atoms with Gasteiger partial charge in [0.25, 0.3) is 5.91 Å². The average Bonchev–Trinajstić information content (AvgIpc) is 3.01. The molecule has 1 amide bonds. The number of nitrogens with zero attached hydrogens (tertiary/aromatic N) is 1. The molecule has 2 rings (SSSR count). The van der Waals surface area contributed by atoms with Crippen LogP contribution in [0.3, 0.4) is 0 Å². The number of amides is 1. The highest BCUT2D eigenvalue weighted by molar-refractivity contribution is 7.89. The molecule has 2 N–H and O–H groups in total. The van der Waals surface area contributed by atoms with Crippen molar-refractivity contribution in [3.05, 3.63) is 52.3 Å². The molecular formula is C22H31N3O5S. The molecule has 8 nitrogen and oxygen atoms in total. The highest BCUT2D eigenvalue weighted by atomic mass is 32.2. The van der Waals surface area contributed by atoms with Crippen molar-refractivity contribution in [2.45, 2.75) is 59.1 Å². The van der Waals surface area contributed by atoms with Crippen LogP contribution in [-0.4, -0.2) is 48.8 Å². The van der Waals surface area contributed by atoms with Gasteiger partial charge < -0.3 is 15.0 Å². The second-order valence-electron chi connectivity index (χ2n) is 7.50. The molecular weight excluding hydrogens is 418 g/mol. The molecule has 0 fully saturated rings. The zero-order valence-corrected chi connectivity index (χ0v) is 19.7. The summed E-state index contributed by atoms with van der Waals surface area (Å²) in [4.78, 5) is 28.1. The molecule has 0 radical (unpaired) electrons. The number of rotatable bonds is 9. The van der Waals surface area contributed by atoms with Gasteiger partial charge in [-0.25, -0.2) is 13.2 Å². The van der Waals surface area contributed by atoms with Crippen molar-refractivity contribution >= 4 is 21.9 Å². The van der Waals surface area contributed by atoms with Crippen molar-refractivity contribution in [3.8, 4) is 0 Å². The van der Waals surface area contributed by atoms with E-state index in [-0.39, 0.29) is 23.5 Å². The zero-order chi connectivity index (χ0) is 23.3. The molecule has 0 bridgehead atoms. The van der Waals surface area contributed by atoms with Gasteiger partial charge in [-0.1, -0.05) is 26.0 Å². The third kappa shape index (κ3) is 5.54. The van der Waals surface area contributed by atoms with Gasteiger partial charge in [0.2, 0.25) is 10.0 Å². The number of hydrogen-bond acceptors (Lipinski definition) is 5. The van der Waals surface area contributed by atoms with Crippen LogP contribution in [-0.2, 0) is 21.3 Å². The second kappa shape index (κ2) is 10.1. The molecule has 1 aromatic heterocycles. The van der Waals surface area contributed by atoms with E-state index in [1.807, 2.05) is 0 Å². The summed E-state index contributed by atoms with van der Waals surface area (Å²) >= 11 is 0. The van der Waals surface area contributed by atoms with Gasteiger partial charge in [0.05, 0.1) is 16.6 Å². The zero-order valence-electron chi connectivity index (χ0n) is 18.9. The first-order valence-electron chi connectivity index (χ1n) is 10.3. The van der Waals surface area contributed by atoms with Gasteiger partial charge in [-0.2, -0.15) is 4.31 Å². The Hall–Kier alpha value is -2.65. The highest BCUT2D eigenvalue weighted by Crippen LogP contribution is 2.20. The van der Waals surface area contributed by atoms with Crippen molar-refractivity contribution < 1.29 is 22.7 Å². The van der Waals surface area contributed by atoms with E-state index in [1.165, 1.54) is 4.31 Å². The summed E-state index contributed by atoms with van der Waals surface area (Å²) in [6.45, 7) is 11.6. The van der Waals surface area contributed by atoms with Crippen LogP contribution in [0.15, 0.2) is 29.2 Å². The Morgan fingerprint density at radius 1 is 1.10 bits per heavy atom. The summed E-state index contributed by atoms with van der Waals surface area (Å²) in [6, 6.07) is 6.43. The molecule has 2 aromatic rings. The van der Waals surface area contributed by atoms with E-state index in [1.54, 1.807) is 65.8 Å². The van der Waals surface area contributed by atoms with Gasteiger partial charge in [-0.3, -0.25) is 4.79 Å². The minimum Gasteiger partial charge on any atom is -0.459 e. The summed E-state index contributed by atoms with van der Waals surface area (Å²) in [6.07, 6.45) is -0.257. The van der Waals surface area contributed by atoms with Gasteiger partial charge in [0.15, 0.2) is 0 Å². The number of benzene rings is 1. The molecule has 0 aliphatic rings. The monoisotopic (exact) mass is 449 g/mol. The molecule has 170 valence electrons. The fourth-order valence-corrected chi connectivity index (χ4v) is 4.78. The maximum absolute atomic E-state index is 12.6. The number of aromatic amines is 1. The van der Waals surface area contributed by atoms with Crippen LogP contribution in [0.25, 0.3) is 0 Å². The van der Waals surface area contributed by atoms with Crippen molar-refractivity contribution in [3.63, 3.8) is 0 Å². The minimum absolute atomic E-state index is 0.216. The fourth-order valence-electron chi connectivity index (χ4n) is 3.32. The van der Waals surface area contributed by atoms with Gasteiger partial charge in [0.1, 0.15) is 5.69 Å². The standard InChI is InChI=1S/C22H31N3O5S/c1-7-25(8-2)31(28,29)18-11-9-17(10-12-18)13-23-21(26)20-15(5)19(16(6)24-20)22(27)30-14(3)4/h9-12,14,24H,7-8,13H2,1-6H3,(H,23,26). The van der Waals surface area contributed by atoms with E-state index >= 15 is 0 Å². The predicted octanol–water partition coefficient (Wildman–Crippen LogP) is 3.16. The molecule has 0 atom stereocenters. The number of carbonyl (C=O) groups is 2. The maximum Gasteiger partial charge on any atom is 0.340 e. The lowest BCUT2D eigenvalue weighted by molar-refractivity contribution is 0.0376. The van der Waals surface area contributed by atoms with E-state index in [9.17, 15) is 18.0 Å². The van der Waals surface area contributed by atoms with Crippen LogP contribution in [0.1, 0.15) is 65.4 Å². The Morgan fingerprint density at radius 2 is 1.68 bits per heavy atom. The molecule has 1 heterocycles. The van der Waals surface area contributed by atoms with Gasteiger partial charge in [-0.05, 0) is 51.0 Å². The number of carbonyl (C=O) groups excluding carboxylic acids is 2. The van der Waals surface area contributed by atoms with Crippen LogP contribution in [0.5, 0.6) is 0 Å². The largest absolute Gasteiger partial charge is 0.459 e. The van der Waals surface area contributed by atoms with E-state index in [0.29, 0.717) is 35.6 Å². The lowest BCUT2D eigenvalue weighted by Crippen LogP contribution is -2.30. The van der Waals surface area contributed by atoms with Crippen molar-refractivity contribution in [2.24, 2.45) is 0 Å². The number of nitrogens with one attached hydrogen (secondary N) is 2. The summed E-state index contributed by atoms with van der Waals surface area (Å²) in [5, 5.41) is 2.80. The number of aromatic nitrogens is 1. The third-order valence-corrected chi connectivity index (χ3v) is 7.00. The fraction of sp³-hybridized carbons (Fsp3) is 0.455. The maximum atomic E-state index is 12.6. The van der Waals surface area contributed by atoms with Crippen LogP contribution >= 0.6 is 0 Å². The van der Waals surface area contributed by atoms with Crippen LogP contribution in [0.2, 0.25) is 0 Å². The van der Waals surface area contributed by atoms with E-state index in [2.05, 4.69) is 10.3 Å². The third-order valence-electron chi connectivity index (χ3n) is 4.93. The lowest BCUT2D eigenvalue weighted by atomic mass is 10.1. The number of sulfonamides is 1. The van der Waals surface area contributed by atoms with Crippen molar-refractivity contribution in [1.29, 1.82) is 0 Å². The Balaban J connectivity index is 2.11. The second-order valence-corrected chi connectivity index (χ2v) is 9.43. The lowest BCUT2D eigenvalue weighted by Gasteiger charge is -2.18. The Bertz CT molecular complexity index is 1040. The number of H-pyrrole nitrogens is 1. The van der Waals surface area contributed by atoms with Gasteiger partial charge in [-0.15, -0.1) is 0 Å². The molecule has 0 aliphatic heterocycles. The number of ether oxygens (including phenoxy) is 1. The molecule has 0 aliphatic carbocycles. The first kappa shape index (κ1) is 24.6. The average molecular weight is 450 g/mol. The summed E-state index contributed by atoms with van der Waals surface area (Å²) in [5.74, 6) is -0.825. The molecule has 9 heteroatoms. The molecule has 0 unspecified atom stereocenters. The number of aryl methyl sites for hydroxylation is 1. The summed E-state index contributed by atoms with van der Waals surface area (Å²) in [5.41, 5.74) is 2.52. The number of esters is 1. The highest BCUT2D eigenvalue weighted by Gasteiger charge is 2.24. The van der Waals surface area contributed by atoms with Crippen molar-refractivity contribution in [2.75, 3.05) is 13.1 Å².